The largest absolute Gasteiger partial charge is 0.0730 e. The molecule has 0 N–H and O–H groups in total. The van der Waals surface area contributed by atoms with Crippen molar-refractivity contribution in [2.24, 2.45) is 0 Å². The van der Waals surface area contributed by atoms with E-state index in [1.165, 1.54) is 50.5 Å². The minimum Gasteiger partial charge on any atom is -0.0730 e. The van der Waals surface area contributed by atoms with Crippen molar-refractivity contribution in [2.75, 3.05) is 0 Å². The monoisotopic (exact) mass is 202 g/mol. The Kier molecular flexibility index (Phi) is 3.45. The van der Waals surface area contributed by atoms with Crippen molar-refractivity contribution in [1.29, 1.82) is 0 Å². The van der Waals surface area contributed by atoms with Crippen LogP contribution >= 0.6 is 0 Å². The van der Waals surface area contributed by atoms with Crippen LogP contribution in [0.4, 0.5) is 0 Å². The van der Waals surface area contributed by atoms with Gasteiger partial charge in [0.05, 0.1) is 0 Å². The van der Waals surface area contributed by atoms with E-state index in [1.807, 2.05) is 0 Å². The minimum atomic E-state index is 1.26. The van der Waals surface area contributed by atoms with Crippen LogP contribution in [0.2, 0.25) is 0 Å². The summed E-state index contributed by atoms with van der Waals surface area (Å²) in [6.45, 7) is 4.55. The van der Waals surface area contributed by atoms with Crippen LogP contribution in [-0.2, 0) is 0 Å². The van der Waals surface area contributed by atoms with Crippen LogP contribution in [0, 0.1) is 0 Å². The molecule has 0 aromatic rings. The van der Waals surface area contributed by atoms with Gasteiger partial charge in [-0.2, -0.15) is 0 Å². The number of allylic oxidation sites excluding steroid dienone is 6. The number of hydrogen-bond acceptors (Lipinski definition) is 0. The van der Waals surface area contributed by atoms with E-state index in [0.717, 1.165) is 0 Å². The van der Waals surface area contributed by atoms with E-state index < -0.39 is 0 Å². The van der Waals surface area contributed by atoms with Crippen LogP contribution in [0.25, 0.3) is 0 Å². The zero-order valence-corrected chi connectivity index (χ0v) is 10.1. The predicted octanol–water partition coefficient (Wildman–Crippen LogP) is 4.93. The first-order valence-corrected chi connectivity index (χ1v) is 6.39. The molecule has 0 atom stereocenters. The second-order valence-electron chi connectivity index (χ2n) is 4.85. The lowest BCUT2D eigenvalue weighted by Crippen LogP contribution is -2.04. The molecule has 0 heteroatoms. The molecule has 0 spiro atoms. The van der Waals surface area contributed by atoms with Crippen molar-refractivity contribution in [3.63, 3.8) is 0 Å². The molecule has 0 aliphatic heterocycles. The van der Waals surface area contributed by atoms with E-state index in [2.05, 4.69) is 26.0 Å². The van der Waals surface area contributed by atoms with Crippen LogP contribution < -0.4 is 0 Å². The summed E-state index contributed by atoms with van der Waals surface area (Å²) >= 11 is 0. The Hall–Kier alpha value is -0.780. The number of rotatable bonds is 2. The van der Waals surface area contributed by atoms with Crippen molar-refractivity contribution in [2.45, 2.75) is 58.8 Å². The highest BCUT2D eigenvalue weighted by molar-refractivity contribution is 5.41. The molecule has 2 rings (SSSR count). The summed E-state index contributed by atoms with van der Waals surface area (Å²) in [5.41, 5.74) is 6.62. The fraction of sp³-hybridized carbons (Fsp3) is 0.600. The van der Waals surface area contributed by atoms with E-state index in [9.17, 15) is 0 Å². The normalized spacial score (nSPS) is 22.5. The average Bonchev–Trinajstić information content (AvgIpc) is 2.30. The minimum absolute atomic E-state index is 1.26. The first-order valence-electron chi connectivity index (χ1n) is 6.39. The van der Waals surface area contributed by atoms with Gasteiger partial charge in [-0.3, -0.25) is 0 Å². The average molecular weight is 202 g/mol. The highest BCUT2D eigenvalue weighted by Gasteiger charge is 2.15. The van der Waals surface area contributed by atoms with E-state index in [0.29, 0.717) is 0 Å². The first-order chi connectivity index (χ1) is 7.31. The highest BCUT2D eigenvalue weighted by atomic mass is 14.2. The molecule has 82 valence electrons. The van der Waals surface area contributed by atoms with Gasteiger partial charge >= 0.3 is 0 Å². The Labute approximate surface area is 93.8 Å². The summed E-state index contributed by atoms with van der Waals surface area (Å²) in [6, 6.07) is 0. The number of hydrogen-bond donors (Lipinski definition) is 0. The smallest absolute Gasteiger partial charge is 0.0239 e. The molecule has 0 amide bonds. The van der Waals surface area contributed by atoms with Crippen molar-refractivity contribution < 1.29 is 0 Å². The lowest BCUT2D eigenvalue weighted by atomic mass is 9.82. The summed E-state index contributed by atoms with van der Waals surface area (Å²) < 4.78 is 0. The van der Waals surface area contributed by atoms with Gasteiger partial charge in [0.2, 0.25) is 0 Å². The molecule has 15 heavy (non-hydrogen) atoms. The summed E-state index contributed by atoms with van der Waals surface area (Å²) in [5.74, 6) is 0. The maximum Gasteiger partial charge on any atom is -0.0239 e. The molecule has 0 fully saturated rings. The molecule has 0 saturated carbocycles. The van der Waals surface area contributed by atoms with E-state index in [-0.39, 0.29) is 0 Å². The third-order valence-corrected chi connectivity index (χ3v) is 3.75. The van der Waals surface area contributed by atoms with Gasteiger partial charge in [-0.1, -0.05) is 30.2 Å². The molecule has 0 heterocycles. The Balaban J connectivity index is 2.25. The highest BCUT2D eigenvalue weighted by Crippen LogP contribution is 2.35. The molecule has 0 aromatic heterocycles. The van der Waals surface area contributed by atoms with Crippen molar-refractivity contribution in [3.8, 4) is 0 Å². The Morgan fingerprint density at radius 3 is 2.47 bits per heavy atom. The maximum absolute atomic E-state index is 2.37. The van der Waals surface area contributed by atoms with Gasteiger partial charge < -0.3 is 0 Å². The molecule has 0 unspecified atom stereocenters. The molecule has 2 aliphatic carbocycles. The molecule has 0 saturated heterocycles. The van der Waals surface area contributed by atoms with Crippen LogP contribution in [0.15, 0.2) is 34.4 Å². The van der Waals surface area contributed by atoms with E-state index in [4.69, 9.17) is 0 Å². The van der Waals surface area contributed by atoms with Gasteiger partial charge in [0.25, 0.3) is 0 Å². The van der Waals surface area contributed by atoms with Crippen LogP contribution in [0.3, 0.4) is 0 Å². The van der Waals surface area contributed by atoms with E-state index in [1.54, 1.807) is 16.7 Å². The third-order valence-electron chi connectivity index (χ3n) is 3.75. The van der Waals surface area contributed by atoms with Gasteiger partial charge in [-0.05, 0) is 63.0 Å². The molecule has 0 radical (unpaired) electrons. The summed E-state index contributed by atoms with van der Waals surface area (Å²) in [6.07, 6.45) is 14.0. The zero-order valence-electron chi connectivity index (χ0n) is 10.1. The molecular formula is C15H22. The van der Waals surface area contributed by atoms with Crippen molar-refractivity contribution >= 4 is 0 Å². The van der Waals surface area contributed by atoms with Gasteiger partial charge in [-0.15, -0.1) is 0 Å². The Morgan fingerprint density at radius 2 is 1.80 bits per heavy atom. The van der Waals surface area contributed by atoms with Gasteiger partial charge in [0.1, 0.15) is 0 Å². The Bertz CT molecular complexity index is 326. The van der Waals surface area contributed by atoms with Gasteiger partial charge in [0.15, 0.2) is 0 Å². The van der Waals surface area contributed by atoms with Gasteiger partial charge in [0, 0.05) is 0 Å². The van der Waals surface area contributed by atoms with Crippen LogP contribution in [-0.4, -0.2) is 0 Å². The lowest BCUT2D eigenvalue weighted by molar-refractivity contribution is 0.653. The predicted molar refractivity (Wildman–Crippen MR) is 66.9 cm³/mol. The fourth-order valence-electron chi connectivity index (χ4n) is 2.74. The maximum atomic E-state index is 2.37. The van der Waals surface area contributed by atoms with Gasteiger partial charge in [-0.25, -0.2) is 0 Å². The van der Waals surface area contributed by atoms with Crippen LogP contribution in [0.5, 0.6) is 0 Å². The Morgan fingerprint density at radius 1 is 1.00 bits per heavy atom. The molecule has 0 nitrogen and oxygen atoms in total. The topological polar surface area (TPSA) is 0 Å². The second kappa shape index (κ2) is 4.83. The quantitative estimate of drug-likeness (QED) is 0.595. The third kappa shape index (κ3) is 2.42. The van der Waals surface area contributed by atoms with E-state index >= 15 is 0 Å². The summed E-state index contributed by atoms with van der Waals surface area (Å²) in [4.78, 5) is 0. The molecule has 0 bridgehead atoms. The van der Waals surface area contributed by atoms with Crippen molar-refractivity contribution in [1.82, 2.24) is 0 Å². The van der Waals surface area contributed by atoms with Crippen LogP contribution in [0.1, 0.15) is 58.8 Å². The summed E-state index contributed by atoms with van der Waals surface area (Å²) in [7, 11) is 0. The second-order valence-corrected chi connectivity index (χ2v) is 4.85. The van der Waals surface area contributed by atoms with Crippen molar-refractivity contribution in [3.05, 3.63) is 34.4 Å². The molecular weight excluding hydrogens is 180 g/mol. The molecule has 2 aliphatic rings. The SMILES string of the molecule is CCC1=C(C2=CC=C(C)CC2)CCCC1. The standard InChI is InChI=1S/C15H22/c1-3-13-6-4-5-7-15(13)14-10-8-12(2)9-11-14/h8,10H,3-7,9,11H2,1-2H3. The molecule has 0 aromatic carbocycles. The fourth-order valence-corrected chi connectivity index (χ4v) is 2.74. The summed E-state index contributed by atoms with van der Waals surface area (Å²) in [5, 5.41) is 0. The lowest BCUT2D eigenvalue weighted by Gasteiger charge is -2.23. The first kappa shape index (κ1) is 10.7. The zero-order chi connectivity index (χ0) is 10.7.